The van der Waals surface area contributed by atoms with Gasteiger partial charge in [-0.05, 0) is 30.3 Å². The molecule has 0 N–H and O–H groups in total. The Morgan fingerprint density at radius 1 is 1.08 bits per heavy atom. The van der Waals surface area contributed by atoms with Gasteiger partial charge in [0.05, 0.1) is 12.8 Å². The predicted octanol–water partition coefficient (Wildman–Crippen LogP) is 3.57. The van der Waals surface area contributed by atoms with Crippen LogP contribution >= 0.6 is 0 Å². The Balaban J connectivity index is 1.93. The zero-order valence-corrected chi connectivity index (χ0v) is 13.4. The third kappa shape index (κ3) is 3.98. The first-order valence-corrected chi connectivity index (χ1v) is 7.56. The van der Waals surface area contributed by atoms with E-state index in [1.165, 1.54) is 25.3 Å². The fourth-order valence-corrected chi connectivity index (χ4v) is 2.31. The van der Waals surface area contributed by atoms with Crippen molar-refractivity contribution < 1.29 is 18.7 Å². The molecule has 0 aliphatic heterocycles. The number of carbonyl (C=O) groups is 1. The lowest BCUT2D eigenvalue weighted by Crippen LogP contribution is -2.15. The van der Waals surface area contributed by atoms with Crippen molar-refractivity contribution in [2.75, 3.05) is 7.11 Å². The number of benzene rings is 1. The minimum atomic E-state index is -0.850. The van der Waals surface area contributed by atoms with Crippen LogP contribution in [0.15, 0.2) is 66.9 Å². The molecule has 0 radical (unpaired) electrons. The lowest BCUT2D eigenvalue weighted by molar-refractivity contribution is 0.0362. The molecule has 6 heteroatoms. The highest BCUT2D eigenvalue weighted by Crippen LogP contribution is 2.26. The molecule has 3 aromatic rings. The molecule has 126 valence electrons. The van der Waals surface area contributed by atoms with Gasteiger partial charge in [0.2, 0.25) is 5.88 Å². The van der Waals surface area contributed by atoms with E-state index in [0.717, 1.165) is 0 Å². The SMILES string of the molecule is COc1cccc(C(=O)O[C@H](c2cccc(F)c2)c2ccccn2)n1. The number of rotatable bonds is 5. The van der Waals surface area contributed by atoms with Crippen LogP contribution in [0.2, 0.25) is 0 Å². The summed E-state index contributed by atoms with van der Waals surface area (Å²) in [5.41, 5.74) is 1.07. The quantitative estimate of drug-likeness (QED) is 0.666. The van der Waals surface area contributed by atoms with Gasteiger partial charge in [0.15, 0.2) is 11.8 Å². The lowest BCUT2D eigenvalue weighted by atomic mass is 10.1. The Kier molecular flexibility index (Phi) is 4.99. The van der Waals surface area contributed by atoms with Crippen LogP contribution in [0.3, 0.4) is 0 Å². The van der Waals surface area contributed by atoms with Gasteiger partial charge in [-0.15, -0.1) is 0 Å². The second kappa shape index (κ2) is 7.53. The van der Waals surface area contributed by atoms with E-state index in [1.807, 2.05) is 0 Å². The van der Waals surface area contributed by atoms with Crippen molar-refractivity contribution in [3.63, 3.8) is 0 Å². The number of carbonyl (C=O) groups excluding carboxylic acids is 1. The summed E-state index contributed by atoms with van der Waals surface area (Å²) in [6.07, 6.45) is 0.733. The normalized spacial score (nSPS) is 11.6. The van der Waals surface area contributed by atoms with Gasteiger partial charge < -0.3 is 9.47 Å². The fraction of sp³-hybridized carbons (Fsp3) is 0.105. The van der Waals surface area contributed by atoms with Gasteiger partial charge in [0.1, 0.15) is 5.82 Å². The van der Waals surface area contributed by atoms with Crippen molar-refractivity contribution in [3.05, 3.63) is 89.6 Å². The number of nitrogens with zero attached hydrogens (tertiary/aromatic N) is 2. The minimum Gasteiger partial charge on any atom is -0.481 e. The Bertz CT molecular complexity index is 871. The second-order valence-electron chi connectivity index (χ2n) is 5.16. The van der Waals surface area contributed by atoms with E-state index in [4.69, 9.17) is 9.47 Å². The molecule has 0 unspecified atom stereocenters. The predicted molar refractivity (Wildman–Crippen MR) is 88.7 cm³/mol. The molecule has 2 heterocycles. The van der Waals surface area contributed by atoms with Crippen LogP contribution < -0.4 is 4.74 Å². The zero-order chi connectivity index (χ0) is 17.6. The topological polar surface area (TPSA) is 61.3 Å². The Hall–Kier alpha value is -3.28. The molecule has 0 saturated heterocycles. The number of halogens is 1. The monoisotopic (exact) mass is 338 g/mol. The molecule has 3 rings (SSSR count). The summed E-state index contributed by atoms with van der Waals surface area (Å²) in [5.74, 6) is -0.776. The average molecular weight is 338 g/mol. The molecule has 0 fully saturated rings. The first-order valence-electron chi connectivity index (χ1n) is 7.56. The van der Waals surface area contributed by atoms with Crippen LogP contribution in [0.5, 0.6) is 5.88 Å². The van der Waals surface area contributed by atoms with E-state index in [1.54, 1.807) is 48.7 Å². The molecule has 0 spiro atoms. The van der Waals surface area contributed by atoms with Crippen molar-refractivity contribution >= 4 is 5.97 Å². The molecule has 25 heavy (non-hydrogen) atoms. The van der Waals surface area contributed by atoms with E-state index < -0.39 is 17.9 Å². The third-order valence-electron chi connectivity index (χ3n) is 3.47. The fourth-order valence-electron chi connectivity index (χ4n) is 2.31. The molecular formula is C19H15FN2O3. The summed E-state index contributed by atoms with van der Waals surface area (Å²) >= 11 is 0. The van der Waals surface area contributed by atoms with Crippen molar-refractivity contribution in [1.29, 1.82) is 0 Å². The molecule has 2 aromatic heterocycles. The van der Waals surface area contributed by atoms with Crippen LogP contribution in [0.4, 0.5) is 4.39 Å². The smallest absolute Gasteiger partial charge is 0.358 e. The zero-order valence-electron chi connectivity index (χ0n) is 13.4. The van der Waals surface area contributed by atoms with E-state index in [9.17, 15) is 9.18 Å². The van der Waals surface area contributed by atoms with Gasteiger partial charge in [-0.3, -0.25) is 4.98 Å². The maximum absolute atomic E-state index is 13.6. The highest BCUT2D eigenvalue weighted by atomic mass is 19.1. The van der Waals surface area contributed by atoms with Crippen molar-refractivity contribution in [2.24, 2.45) is 0 Å². The largest absolute Gasteiger partial charge is 0.481 e. The third-order valence-corrected chi connectivity index (χ3v) is 3.47. The van der Waals surface area contributed by atoms with E-state index >= 15 is 0 Å². The summed E-state index contributed by atoms with van der Waals surface area (Å²) in [7, 11) is 1.46. The molecular weight excluding hydrogens is 323 g/mol. The molecule has 0 aliphatic rings. The summed E-state index contributed by atoms with van der Waals surface area (Å²) in [6, 6.07) is 15.9. The van der Waals surface area contributed by atoms with Crippen molar-refractivity contribution in [1.82, 2.24) is 9.97 Å². The van der Waals surface area contributed by atoms with Crippen LogP contribution in [0.1, 0.15) is 27.8 Å². The Morgan fingerprint density at radius 2 is 1.92 bits per heavy atom. The van der Waals surface area contributed by atoms with E-state index in [2.05, 4.69) is 9.97 Å². The summed E-state index contributed by atoms with van der Waals surface area (Å²) in [6.45, 7) is 0. The minimum absolute atomic E-state index is 0.0942. The summed E-state index contributed by atoms with van der Waals surface area (Å²) < 4.78 is 24.2. The number of hydrogen-bond acceptors (Lipinski definition) is 5. The average Bonchev–Trinajstić information content (AvgIpc) is 2.66. The summed E-state index contributed by atoms with van der Waals surface area (Å²) in [5, 5.41) is 0. The maximum Gasteiger partial charge on any atom is 0.358 e. The molecule has 0 amide bonds. The maximum atomic E-state index is 13.6. The van der Waals surface area contributed by atoms with Gasteiger partial charge in [-0.2, -0.15) is 0 Å². The highest BCUT2D eigenvalue weighted by Gasteiger charge is 2.22. The van der Waals surface area contributed by atoms with Crippen molar-refractivity contribution in [3.8, 4) is 5.88 Å². The number of esters is 1. The van der Waals surface area contributed by atoms with Gasteiger partial charge >= 0.3 is 5.97 Å². The Morgan fingerprint density at radius 3 is 2.64 bits per heavy atom. The lowest BCUT2D eigenvalue weighted by Gasteiger charge is -2.18. The standard InChI is InChI=1S/C19H15FN2O3/c1-24-17-10-5-9-16(22-17)19(23)25-18(15-8-2-3-11-21-15)13-6-4-7-14(20)12-13/h2-12,18H,1H3/t18-/m1/s1. The number of methoxy groups -OCH3 is 1. The van der Waals surface area contributed by atoms with Crippen LogP contribution in [-0.4, -0.2) is 23.0 Å². The summed E-state index contributed by atoms with van der Waals surface area (Å²) in [4.78, 5) is 20.8. The molecule has 0 bridgehead atoms. The Labute approximate surface area is 144 Å². The first-order chi connectivity index (χ1) is 12.2. The first kappa shape index (κ1) is 16.6. The number of ether oxygens (including phenoxy) is 2. The molecule has 5 nitrogen and oxygen atoms in total. The van der Waals surface area contributed by atoms with Crippen LogP contribution in [0, 0.1) is 5.82 Å². The number of hydrogen-bond donors (Lipinski definition) is 0. The molecule has 0 aliphatic carbocycles. The van der Waals surface area contributed by atoms with Gasteiger partial charge in [0, 0.05) is 17.8 Å². The van der Waals surface area contributed by atoms with Gasteiger partial charge in [-0.1, -0.05) is 24.3 Å². The van der Waals surface area contributed by atoms with Crippen molar-refractivity contribution in [2.45, 2.75) is 6.10 Å². The molecule has 1 atom stereocenters. The highest BCUT2D eigenvalue weighted by molar-refractivity contribution is 5.87. The van der Waals surface area contributed by atoms with E-state index in [-0.39, 0.29) is 5.69 Å². The van der Waals surface area contributed by atoms with Gasteiger partial charge in [-0.25, -0.2) is 14.2 Å². The van der Waals surface area contributed by atoms with Gasteiger partial charge in [0.25, 0.3) is 0 Å². The van der Waals surface area contributed by atoms with Crippen LogP contribution in [0.25, 0.3) is 0 Å². The number of aromatic nitrogens is 2. The molecule has 1 aromatic carbocycles. The molecule has 0 saturated carbocycles. The number of pyridine rings is 2. The van der Waals surface area contributed by atoms with Crippen LogP contribution in [-0.2, 0) is 4.74 Å². The second-order valence-corrected chi connectivity index (χ2v) is 5.16. The van der Waals surface area contributed by atoms with E-state index in [0.29, 0.717) is 17.1 Å².